The Morgan fingerprint density at radius 3 is 2.36 bits per heavy atom. The van der Waals surface area contributed by atoms with Gasteiger partial charge in [-0.2, -0.15) is 5.11 Å². The summed E-state index contributed by atoms with van der Waals surface area (Å²) in [4.78, 5) is 23.1. The van der Waals surface area contributed by atoms with E-state index in [0.29, 0.717) is 11.3 Å². The first-order valence-electron chi connectivity index (χ1n) is 6.84. The van der Waals surface area contributed by atoms with E-state index in [-0.39, 0.29) is 19.0 Å². The van der Waals surface area contributed by atoms with Gasteiger partial charge in [0.05, 0.1) is 13.7 Å². The fourth-order valence-corrected chi connectivity index (χ4v) is 1.45. The van der Waals surface area contributed by atoms with Gasteiger partial charge in [-0.05, 0) is 45.0 Å². The van der Waals surface area contributed by atoms with Crippen LogP contribution in [0.2, 0.25) is 0 Å². The number of nitrogens with zero attached hydrogens (tertiary/aromatic N) is 2. The molecule has 2 amide bonds. The van der Waals surface area contributed by atoms with Crippen LogP contribution in [-0.4, -0.2) is 37.8 Å². The van der Waals surface area contributed by atoms with Gasteiger partial charge in [0, 0.05) is 12.1 Å². The fraction of sp³-hybridized carbons (Fsp3) is 0.467. The maximum Gasteiger partial charge on any atom is 0.452 e. The summed E-state index contributed by atoms with van der Waals surface area (Å²) in [6.07, 6.45) is -0.742. The number of amides is 2. The molecular formula is C15H21N3O4. The Morgan fingerprint density at radius 1 is 1.18 bits per heavy atom. The van der Waals surface area contributed by atoms with Gasteiger partial charge in [0.2, 0.25) is 0 Å². The van der Waals surface area contributed by atoms with Crippen LogP contribution in [0.4, 0.5) is 4.79 Å². The molecule has 0 atom stereocenters. The minimum Gasteiger partial charge on any atom is -0.497 e. The van der Waals surface area contributed by atoms with E-state index in [9.17, 15) is 9.59 Å². The fourth-order valence-electron chi connectivity index (χ4n) is 1.45. The third-order valence-electron chi connectivity index (χ3n) is 2.40. The monoisotopic (exact) mass is 307 g/mol. The van der Waals surface area contributed by atoms with Crippen LogP contribution in [0, 0.1) is 0 Å². The Labute approximate surface area is 129 Å². The van der Waals surface area contributed by atoms with Crippen molar-refractivity contribution in [3.63, 3.8) is 0 Å². The summed E-state index contributed by atoms with van der Waals surface area (Å²) >= 11 is 0. The average Bonchev–Trinajstić information content (AvgIpc) is 2.45. The molecule has 7 heteroatoms. The Morgan fingerprint density at radius 2 is 1.82 bits per heavy atom. The molecule has 0 aliphatic heterocycles. The Kier molecular flexibility index (Phi) is 6.49. The molecule has 0 radical (unpaired) electrons. The summed E-state index contributed by atoms with van der Waals surface area (Å²) in [7, 11) is 1.56. The third kappa shape index (κ3) is 6.83. The average molecular weight is 307 g/mol. The molecule has 0 bridgehead atoms. The van der Waals surface area contributed by atoms with Crippen molar-refractivity contribution in [1.29, 1.82) is 0 Å². The van der Waals surface area contributed by atoms with Crippen molar-refractivity contribution < 1.29 is 19.1 Å². The predicted molar refractivity (Wildman–Crippen MR) is 81.3 cm³/mol. The highest BCUT2D eigenvalue weighted by Gasteiger charge is 2.15. The minimum absolute atomic E-state index is 0.196. The minimum atomic E-state index is -0.742. The molecule has 0 spiro atoms. The molecule has 1 aromatic carbocycles. The lowest BCUT2D eigenvalue weighted by Gasteiger charge is -2.16. The number of rotatable bonds is 5. The first kappa shape index (κ1) is 17.6. The number of hydrogen-bond acceptors (Lipinski definition) is 5. The molecule has 7 nitrogen and oxygen atoms in total. The van der Waals surface area contributed by atoms with Crippen LogP contribution in [0.5, 0.6) is 5.75 Å². The molecule has 22 heavy (non-hydrogen) atoms. The van der Waals surface area contributed by atoms with Crippen molar-refractivity contribution in [2.45, 2.75) is 26.4 Å². The predicted octanol–water partition coefficient (Wildman–Crippen LogP) is 2.81. The molecule has 1 N–H and O–H groups in total. The lowest BCUT2D eigenvalue weighted by Crippen LogP contribution is -2.26. The van der Waals surface area contributed by atoms with E-state index in [4.69, 9.17) is 9.47 Å². The number of benzene rings is 1. The molecule has 0 aliphatic carbocycles. The summed E-state index contributed by atoms with van der Waals surface area (Å²) in [5, 5.41) is 9.73. The van der Waals surface area contributed by atoms with E-state index >= 15 is 0 Å². The molecule has 120 valence electrons. The summed E-state index contributed by atoms with van der Waals surface area (Å²) in [6.45, 7) is 5.71. The molecule has 0 aromatic heterocycles. The Hall–Kier alpha value is -2.44. The van der Waals surface area contributed by atoms with Gasteiger partial charge in [0.25, 0.3) is 5.91 Å². The normalized spacial score (nSPS) is 11.3. The molecule has 0 saturated heterocycles. The van der Waals surface area contributed by atoms with Crippen molar-refractivity contribution in [2.24, 2.45) is 10.2 Å². The van der Waals surface area contributed by atoms with Crippen molar-refractivity contribution in [2.75, 3.05) is 20.2 Å². The zero-order valence-electron chi connectivity index (χ0n) is 13.3. The quantitative estimate of drug-likeness (QED) is 0.669. The number of methoxy groups -OCH3 is 1. The highest BCUT2D eigenvalue weighted by atomic mass is 16.6. The Balaban J connectivity index is 2.31. The van der Waals surface area contributed by atoms with Crippen LogP contribution in [-0.2, 0) is 4.74 Å². The Bertz CT molecular complexity index is 533. The van der Waals surface area contributed by atoms with E-state index in [0.717, 1.165) is 0 Å². The molecule has 1 rings (SSSR count). The summed E-state index contributed by atoms with van der Waals surface area (Å²) in [6, 6.07) is 6.74. The summed E-state index contributed by atoms with van der Waals surface area (Å²) < 4.78 is 9.97. The van der Waals surface area contributed by atoms with E-state index in [1.54, 1.807) is 52.1 Å². The summed E-state index contributed by atoms with van der Waals surface area (Å²) in [5.41, 5.74) is -0.0801. The zero-order valence-corrected chi connectivity index (χ0v) is 13.3. The molecule has 0 aliphatic rings. The first-order valence-corrected chi connectivity index (χ1v) is 6.84. The van der Waals surface area contributed by atoms with Crippen molar-refractivity contribution in [1.82, 2.24) is 5.32 Å². The SMILES string of the molecule is COc1ccc(C(=O)NCCN=NC(=O)OC(C)(C)C)cc1. The standard InChI is InChI=1S/C15H21N3O4/c1-15(2,3)22-14(20)18-17-10-9-16-13(19)11-5-7-12(21-4)8-6-11/h5-8H,9-10H2,1-4H3,(H,16,19). The van der Waals surface area contributed by atoms with Gasteiger partial charge in [-0.1, -0.05) is 5.11 Å². The van der Waals surface area contributed by atoms with E-state index in [1.807, 2.05) is 0 Å². The van der Waals surface area contributed by atoms with E-state index in [2.05, 4.69) is 15.5 Å². The molecule has 0 saturated carbocycles. The van der Waals surface area contributed by atoms with Gasteiger partial charge < -0.3 is 14.8 Å². The highest BCUT2D eigenvalue weighted by Crippen LogP contribution is 2.11. The molecule has 1 aromatic rings. The number of nitrogens with one attached hydrogen (secondary N) is 1. The topological polar surface area (TPSA) is 89.4 Å². The number of carbonyl (C=O) groups is 2. The maximum absolute atomic E-state index is 11.8. The number of carbonyl (C=O) groups excluding carboxylic acids is 2. The third-order valence-corrected chi connectivity index (χ3v) is 2.40. The molecular weight excluding hydrogens is 286 g/mol. The van der Waals surface area contributed by atoms with Crippen molar-refractivity contribution >= 4 is 12.0 Å². The number of ether oxygens (including phenoxy) is 2. The maximum atomic E-state index is 11.8. The lowest BCUT2D eigenvalue weighted by molar-refractivity contribution is 0.0590. The first-order chi connectivity index (χ1) is 10.3. The van der Waals surface area contributed by atoms with Gasteiger partial charge in [0.1, 0.15) is 11.4 Å². The van der Waals surface area contributed by atoms with E-state index in [1.165, 1.54) is 0 Å². The smallest absolute Gasteiger partial charge is 0.452 e. The lowest BCUT2D eigenvalue weighted by atomic mass is 10.2. The highest BCUT2D eigenvalue weighted by molar-refractivity contribution is 5.94. The zero-order chi connectivity index (χ0) is 16.6. The summed E-state index contributed by atoms with van der Waals surface area (Å²) in [5.74, 6) is 0.456. The van der Waals surface area contributed by atoms with Gasteiger partial charge in [-0.25, -0.2) is 4.79 Å². The van der Waals surface area contributed by atoms with Gasteiger partial charge >= 0.3 is 6.09 Å². The van der Waals surface area contributed by atoms with Crippen LogP contribution in [0.25, 0.3) is 0 Å². The number of hydrogen-bond donors (Lipinski definition) is 1. The van der Waals surface area contributed by atoms with Crippen LogP contribution >= 0.6 is 0 Å². The van der Waals surface area contributed by atoms with Crippen molar-refractivity contribution in [3.8, 4) is 5.75 Å². The van der Waals surface area contributed by atoms with Crippen LogP contribution in [0.1, 0.15) is 31.1 Å². The van der Waals surface area contributed by atoms with Crippen molar-refractivity contribution in [3.05, 3.63) is 29.8 Å². The molecule has 0 unspecified atom stereocenters. The molecule has 0 fully saturated rings. The second-order valence-corrected chi connectivity index (χ2v) is 5.43. The van der Waals surface area contributed by atoms with Crippen LogP contribution < -0.4 is 10.1 Å². The molecule has 0 heterocycles. The van der Waals surface area contributed by atoms with E-state index < -0.39 is 11.7 Å². The largest absolute Gasteiger partial charge is 0.497 e. The van der Waals surface area contributed by atoms with Crippen LogP contribution in [0.3, 0.4) is 0 Å². The second-order valence-electron chi connectivity index (χ2n) is 5.43. The number of azo groups is 1. The van der Waals surface area contributed by atoms with Gasteiger partial charge in [-0.15, -0.1) is 0 Å². The van der Waals surface area contributed by atoms with Gasteiger partial charge in [-0.3, -0.25) is 4.79 Å². The second kappa shape index (κ2) is 8.11. The van der Waals surface area contributed by atoms with Crippen LogP contribution in [0.15, 0.2) is 34.5 Å². The van der Waals surface area contributed by atoms with Gasteiger partial charge in [0.15, 0.2) is 0 Å².